The average molecular weight is 370 g/mol. The van der Waals surface area contributed by atoms with Gasteiger partial charge in [0.25, 0.3) is 0 Å². The first-order chi connectivity index (χ1) is 13.1. The highest BCUT2D eigenvalue weighted by molar-refractivity contribution is 5.96. The van der Waals surface area contributed by atoms with Crippen LogP contribution in [0.4, 0.5) is 4.79 Å². The first-order valence-corrected chi connectivity index (χ1v) is 9.53. The number of furan rings is 1. The lowest BCUT2D eigenvalue weighted by Crippen LogP contribution is -2.46. The molecule has 0 atom stereocenters. The lowest BCUT2D eigenvalue weighted by Gasteiger charge is -2.31. The molecule has 144 valence electrons. The van der Waals surface area contributed by atoms with Crippen molar-refractivity contribution in [1.29, 1.82) is 0 Å². The third kappa shape index (κ3) is 4.51. The van der Waals surface area contributed by atoms with E-state index in [4.69, 9.17) is 9.15 Å². The minimum Gasteiger partial charge on any atom is -0.460 e. The van der Waals surface area contributed by atoms with Gasteiger partial charge in [-0.2, -0.15) is 0 Å². The monoisotopic (exact) mass is 370 g/mol. The summed E-state index contributed by atoms with van der Waals surface area (Å²) >= 11 is 0. The Kier molecular flexibility index (Phi) is 6.16. The number of carbonyl (C=O) groups is 2. The summed E-state index contributed by atoms with van der Waals surface area (Å²) in [6, 6.07) is 7.91. The third-order valence-electron chi connectivity index (χ3n) is 4.80. The standard InChI is InChI=1S/C21H26N2O4/c1-3-18-17(16-7-5-6-8-19(16)27-18)9-10-20(24)22-15-11-13-23(14-12-15)21(25)26-4-2/h5-10,15H,3-4,11-14H2,1-2H3,(H,22,24)/b10-9+. The number of para-hydroxylation sites is 1. The van der Waals surface area contributed by atoms with Gasteiger partial charge < -0.3 is 19.4 Å². The molecule has 2 heterocycles. The summed E-state index contributed by atoms with van der Waals surface area (Å²) in [7, 11) is 0. The van der Waals surface area contributed by atoms with E-state index in [9.17, 15) is 9.59 Å². The van der Waals surface area contributed by atoms with Crippen LogP contribution in [0.15, 0.2) is 34.8 Å². The molecular weight excluding hydrogens is 344 g/mol. The number of piperidine rings is 1. The molecule has 1 saturated heterocycles. The summed E-state index contributed by atoms with van der Waals surface area (Å²) < 4.78 is 10.9. The molecule has 1 fully saturated rings. The normalized spacial score (nSPS) is 15.4. The zero-order valence-electron chi connectivity index (χ0n) is 15.9. The Labute approximate surface area is 159 Å². The van der Waals surface area contributed by atoms with E-state index in [1.807, 2.05) is 37.3 Å². The van der Waals surface area contributed by atoms with Crippen molar-refractivity contribution in [2.75, 3.05) is 19.7 Å². The van der Waals surface area contributed by atoms with E-state index < -0.39 is 0 Å². The second-order valence-electron chi connectivity index (χ2n) is 6.59. The van der Waals surface area contributed by atoms with Gasteiger partial charge >= 0.3 is 6.09 Å². The molecule has 2 amide bonds. The van der Waals surface area contributed by atoms with E-state index in [1.54, 1.807) is 17.9 Å². The molecular formula is C21H26N2O4. The highest BCUT2D eigenvalue weighted by Gasteiger charge is 2.24. The van der Waals surface area contributed by atoms with Gasteiger partial charge in [-0.15, -0.1) is 0 Å². The second-order valence-corrected chi connectivity index (χ2v) is 6.59. The molecule has 0 radical (unpaired) electrons. The molecule has 1 aromatic heterocycles. The number of rotatable bonds is 5. The number of fused-ring (bicyclic) bond motifs is 1. The Hall–Kier alpha value is -2.76. The van der Waals surface area contributed by atoms with Crippen LogP contribution >= 0.6 is 0 Å². The minimum atomic E-state index is -0.277. The Balaban J connectivity index is 1.58. The first kappa shape index (κ1) is 19.0. The Morgan fingerprint density at radius 2 is 2.00 bits per heavy atom. The smallest absolute Gasteiger partial charge is 0.409 e. The highest BCUT2D eigenvalue weighted by Crippen LogP contribution is 2.27. The summed E-state index contributed by atoms with van der Waals surface area (Å²) in [5.41, 5.74) is 1.79. The molecule has 1 N–H and O–H groups in total. The summed E-state index contributed by atoms with van der Waals surface area (Å²) in [5, 5.41) is 4.04. The molecule has 0 saturated carbocycles. The topological polar surface area (TPSA) is 71.8 Å². The molecule has 6 heteroatoms. The van der Waals surface area contributed by atoms with Gasteiger partial charge in [-0.3, -0.25) is 4.79 Å². The summed E-state index contributed by atoms with van der Waals surface area (Å²) in [6.07, 6.45) is 5.34. The number of nitrogens with zero attached hydrogens (tertiary/aromatic N) is 1. The molecule has 3 rings (SSSR count). The number of aryl methyl sites for hydroxylation is 1. The molecule has 2 aromatic rings. The minimum absolute atomic E-state index is 0.0690. The Morgan fingerprint density at radius 1 is 1.26 bits per heavy atom. The number of carbonyl (C=O) groups excluding carboxylic acids is 2. The van der Waals surface area contributed by atoms with E-state index in [2.05, 4.69) is 5.32 Å². The van der Waals surface area contributed by atoms with Gasteiger partial charge in [0.2, 0.25) is 5.91 Å². The van der Waals surface area contributed by atoms with Crippen molar-refractivity contribution >= 4 is 29.0 Å². The van der Waals surface area contributed by atoms with Crippen molar-refractivity contribution in [1.82, 2.24) is 10.2 Å². The van der Waals surface area contributed by atoms with Gasteiger partial charge in [0, 0.05) is 42.6 Å². The van der Waals surface area contributed by atoms with Crippen LogP contribution in [0.25, 0.3) is 17.0 Å². The molecule has 0 aliphatic carbocycles. The Morgan fingerprint density at radius 3 is 2.70 bits per heavy atom. The molecule has 0 spiro atoms. The van der Waals surface area contributed by atoms with E-state index in [1.165, 1.54) is 0 Å². The van der Waals surface area contributed by atoms with E-state index in [-0.39, 0.29) is 18.0 Å². The van der Waals surface area contributed by atoms with Crippen LogP contribution in [0.1, 0.15) is 38.0 Å². The predicted molar refractivity (Wildman–Crippen MR) is 104 cm³/mol. The molecule has 1 aromatic carbocycles. The van der Waals surface area contributed by atoms with Crippen molar-refractivity contribution < 1.29 is 18.7 Å². The van der Waals surface area contributed by atoms with Crippen molar-refractivity contribution in [3.63, 3.8) is 0 Å². The van der Waals surface area contributed by atoms with Crippen molar-refractivity contribution in [3.8, 4) is 0 Å². The summed E-state index contributed by atoms with van der Waals surface area (Å²) in [6.45, 7) is 5.40. The third-order valence-corrected chi connectivity index (χ3v) is 4.80. The molecule has 1 aliphatic rings. The SMILES string of the molecule is CCOC(=O)N1CCC(NC(=O)/C=C/c2c(CC)oc3ccccc23)CC1. The predicted octanol–water partition coefficient (Wildman–Crippen LogP) is 3.75. The van der Waals surface area contributed by atoms with Crippen LogP contribution in [-0.4, -0.2) is 42.6 Å². The van der Waals surface area contributed by atoms with Gasteiger partial charge in [-0.1, -0.05) is 25.1 Å². The maximum Gasteiger partial charge on any atom is 0.409 e. The summed E-state index contributed by atoms with van der Waals surface area (Å²) in [4.78, 5) is 25.7. The maximum atomic E-state index is 12.3. The summed E-state index contributed by atoms with van der Waals surface area (Å²) in [5.74, 6) is 0.750. The van der Waals surface area contributed by atoms with Crippen LogP contribution in [0.2, 0.25) is 0 Å². The molecule has 6 nitrogen and oxygen atoms in total. The number of benzene rings is 1. The van der Waals surface area contributed by atoms with Crippen molar-refractivity contribution in [3.05, 3.63) is 41.7 Å². The van der Waals surface area contributed by atoms with Crippen LogP contribution in [0.3, 0.4) is 0 Å². The van der Waals surface area contributed by atoms with E-state index >= 15 is 0 Å². The van der Waals surface area contributed by atoms with E-state index in [0.717, 1.165) is 41.6 Å². The number of ether oxygens (including phenoxy) is 1. The van der Waals surface area contributed by atoms with Gasteiger partial charge in [0.05, 0.1) is 6.61 Å². The van der Waals surface area contributed by atoms with Crippen molar-refractivity contribution in [2.45, 2.75) is 39.2 Å². The zero-order valence-corrected chi connectivity index (χ0v) is 15.9. The largest absolute Gasteiger partial charge is 0.460 e. The van der Waals surface area contributed by atoms with Crippen LogP contribution in [-0.2, 0) is 16.0 Å². The van der Waals surface area contributed by atoms with Crippen LogP contribution in [0, 0.1) is 0 Å². The zero-order chi connectivity index (χ0) is 19.2. The molecule has 1 aliphatic heterocycles. The molecule has 0 unspecified atom stereocenters. The number of likely N-dealkylation sites (tertiary alicyclic amines) is 1. The average Bonchev–Trinajstić information content (AvgIpc) is 3.05. The lowest BCUT2D eigenvalue weighted by atomic mass is 10.1. The fourth-order valence-corrected chi connectivity index (χ4v) is 3.39. The van der Waals surface area contributed by atoms with Gasteiger partial charge in [-0.05, 0) is 31.9 Å². The van der Waals surface area contributed by atoms with Crippen LogP contribution in [0.5, 0.6) is 0 Å². The number of amides is 2. The number of hydrogen-bond donors (Lipinski definition) is 1. The first-order valence-electron chi connectivity index (χ1n) is 9.53. The molecule has 0 bridgehead atoms. The molecule has 27 heavy (non-hydrogen) atoms. The number of nitrogens with one attached hydrogen (secondary N) is 1. The fraction of sp³-hybridized carbons (Fsp3) is 0.429. The highest BCUT2D eigenvalue weighted by atomic mass is 16.6. The second kappa shape index (κ2) is 8.75. The quantitative estimate of drug-likeness (QED) is 0.814. The van der Waals surface area contributed by atoms with Gasteiger partial charge in [0.15, 0.2) is 0 Å². The van der Waals surface area contributed by atoms with E-state index in [0.29, 0.717) is 19.7 Å². The number of hydrogen-bond acceptors (Lipinski definition) is 4. The Bertz CT molecular complexity index is 832. The fourth-order valence-electron chi connectivity index (χ4n) is 3.39. The maximum absolute atomic E-state index is 12.3. The van der Waals surface area contributed by atoms with Gasteiger partial charge in [-0.25, -0.2) is 4.79 Å². The van der Waals surface area contributed by atoms with Gasteiger partial charge in [0.1, 0.15) is 11.3 Å². The lowest BCUT2D eigenvalue weighted by molar-refractivity contribution is -0.117. The van der Waals surface area contributed by atoms with Crippen LogP contribution < -0.4 is 5.32 Å². The van der Waals surface area contributed by atoms with Crippen molar-refractivity contribution in [2.24, 2.45) is 0 Å².